The van der Waals surface area contributed by atoms with E-state index in [9.17, 15) is 0 Å². The molecule has 1 aliphatic carbocycles. The van der Waals surface area contributed by atoms with Gasteiger partial charge in [0.2, 0.25) is 0 Å². The van der Waals surface area contributed by atoms with Gasteiger partial charge in [-0.3, -0.25) is 4.99 Å². The molecule has 8 heteroatoms. The van der Waals surface area contributed by atoms with Crippen molar-refractivity contribution in [3.05, 3.63) is 42.4 Å². The van der Waals surface area contributed by atoms with E-state index in [4.69, 9.17) is 4.74 Å². The molecule has 2 aromatic rings. The third-order valence-corrected chi connectivity index (χ3v) is 5.01. The predicted molar refractivity (Wildman–Crippen MR) is 113 cm³/mol. The van der Waals surface area contributed by atoms with Crippen LogP contribution in [0.3, 0.4) is 0 Å². The van der Waals surface area contributed by atoms with E-state index in [1.54, 1.807) is 31.2 Å². The minimum Gasteiger partial charge on any atom is -0.381 e. The highest BCUT2D eigenvalue weighted by Gasteiger charge is 2.48. The van der Waals surface area contributed by atoms with Crippen LogP contribution >= 0.6 is 24.0 Å². The number of aromatic nitrogens is 3. The molecule has 1 fully saturated rings. The quantitative estimate of drug-likeness (QED) is 0.399. The first-order chi connectivity index (χ1) is 12.0. The fraction of sp³-hybridized carbons (Fsp3) is 0.500. The number of ether oxygens (including phenoxy) is 1. The van der Waals surface area contributed by atoms with Crippen LogP contribution in [-0.2, 0) is 11.3 Å². The van der Waals surface area contributed by atoms with Crippen molar-refractivity contribution < 1.29 is 4.74 Å². The Morgan fingerprint density at radius 2 is 2.23 bits per heavy atom. The maximum atomic E-state index is 5.51. The number of aliphatic imine (C=N–C) groups is 1. The lowest BCUT2D eigenvalue weighted by molar-refractivity contribution is -0.0922. The van der Waals surface area contributed by atoms with Crippen molar-refractivity contribution in [1.82, 2.24) is 25.4 Å². The van der Waals surface area contributed by atoms with Gasteiger partial charge >= 0.3 is 0 Å². The Morgan fingerprint density at radius 3 is 2.85 bits per heavy atom. The first kappa shape index (κ1) is 20.6. The van der Waals surface area contributed by atoms with Gasteiger partial charge in [-0.25, -0.2) is 9.67 Å². The third kappa shape index (κ3) is 4.35. The van der Waals surface area contributed by atoms with Gasteiger partial charge in [-0.05, 0) is 30.2 Å². The zero-order chi connectivity index (χ0) is 17.9. The van der Waals surface area contributed by atoms with E-state index in [1.165, 1.54) is 0 Å². The summed E-state index contributed by atoms with van der Waals surface area (Å²) < 4.78 is 7.26. The van der Waals surface area contributed by atoms with Crippen LogP contribution in [0.15, 0.2) is 41.8 Å². The highest BCUT2D eigenvalue weighted by Crippen LogP contribution is 2.42. The second-order valence-corrected chi connectivity index (χ2v) is 6.88. The third-order valence-electron chi connectivity index (χ3n) is 5.01. The molecule has 0 aliphatic heterocycles. The Hall–Kier alpha value is -1.68. The average Bonchev–Trinajstić information content (AvgIpc) is 3.15. The van der Waals surface area contributed by atoms with Crippen molar-refractivity contribution >= 4 is 29.9 Å². The second kappa shape index (κ2) is 8.81. The van der Waals surface area contributed by atoms with Crippen LogP contribution in [-0.4, -0.2) is 47.0 Å². The lowest BCUT2D eigenvalue weighted by Gasteiger charge is -2.51. The zero-order valence-electron chi connectivity index (χ0n) is 15.6. The van der Waals surface area contributed by atoms with E-state index in [0.29, 0.717) is 18.7 Å². The molecule has 0 spiro atoms. The molecule has 0 aromatic carbocycles. The molecular formula is C18H27IN6O. The van der Waals surface area contributed by atoms with Crippen LogP contribution in [0.4, 0.5) is 0 Å². The first-order valence-corrected chi connectivity index (χ1v) is 8.49. The Balaban J connectivity index is 0.00000243. The average molecular weight is 470 g/mol. The largest absolute Gasteiger partial charge is 0.381 e. The molecule has 1 aliphatic rings. The van der Waals surface area contributed by atoms with E-state index < -0.39 is 0 Å². The number of hydrogen-bond donors (Lipinski definition) is 2. The van der Waals surface area contributed by atoms with Crippen molar-refractivity contribution in [3.8, 4) is 5.82 Å². The molecule has 2 aromatic heterocycles. The molecule has 1 saturated carbocycles. The summed E-state index contributed by atoms with van der Waals surface area (Å²) in [5, 5.41) is 11.1. The normalized spacial score (nSPS) is 21.5. The van der Waals surface area contributed by atoms with Gasteiger partial charge in [0.25, 0.3) is 0 Å². The van der Waals surface area contributed by atoms with Crippen LogP contribution < -0.4 is 10.6 Å². The summed E-state index contributed by atoms with van der Waals surface area (Å²) in [5.41, 5.74) is 1.21. The minimum atomic E-state index is 0. The van der Waals surface area contributed by atoms with Gasteiger partial charge in [-0.2, -0.15) is 5.10 Å². The lowest BCUT2D eigenvalue weighted by atomic mass is 9.64. The molecule has 2 heterocycles. The fourth-order valence-corrected chi connectivity index (χ4v) is 3.18. The highest BCUT2D eigenvalue weighted by molar-refractivity contribution is 14.0. The number of pyridine rings is 1. The Labute approximate surface area is 171 Å². The minimum absolute atomic E-state index is 0. The molecule has 0 bridgehead atoms. The topological polar surface area (TPSA) is 76.4 Å². The maximum absolute atomic E-state index is 5.51. The standard InChI is InChI=1S/C18H26N6O.HI/c1-18(2)14(11-15(18)25-4)23-17(19-3)21-12-13-6-8-20-16(10-13)24-9-5-7-22-24;/h5-10,14-15H,11-12H2,1-4H3,(H2,19,21,23);1H. The van der Waals surface area contributed by atoms with Crippen LogP contribution in [0.2, 0.25) is 0 Å². The molecule has 2 N–H and O–H groups in total. The molecule has 2 unspecified atom stereocenters. The van der Waals surface area contributed by atoms with Crippen LogP contribution in [0.25, 0.3) is 5.82 Å². The number of methoxy groups -OCH3 is 1. The maximum Gasteiger partial charge on any atom is 0.191 e. The monoisotopic (exact) mass is 470 g/mol. The summed E-state index contributed by atoms with van der Waals surface area (Å²) in [6, 6.07) is 6.23. The summed E-state index contributed by atoms with van der Waals surface area (Å²) >= 11 is 0. The fourth-order valence-electron chi connectivity index (χ4n) is 3.18. The predicted octanol–water partition coefficient (Wildman–Crippen LogP) is 2.36. The second-order valence-electron chi connectivity index (χ2n) is 6.88. The van der Waals surface area contributed by atoms with Crippen LogP contribution in [0, 0.1) is 5.41 Å². The van der Waals surface area contributed by atoms with Crippen molar-refractivity contribution in [3.63, 3.8) is 0 Å². The lowest BCUT2D eigenvalue weighted by Crippen LogP contribution is -2.63. The summed E-state index contributed by atoms with van der Waals surface area (Å²) in [6.45, 7) is 5.10. The molecule has 0 amide bonds. The van der Waals surface area contributed by atoms with Gasteiger partial charge in [0.15, 0.2) is 11.8 Å². The van der Waals surface area contributed by atoms with Crippen LogP contribution in [0.1, 0.15) is 25.8 Å². The Bertz CT molecular complexity index is 731. The molecule has 142 valence electrons. The molecule has 7 nitrogen and oxygen atoms in total. The summed E-state index contributed by atoms with van der Waals surface area (Å²) in [5.74, 6) is 1.60. The van der Waals surface area contributed by atoms with Gasteiger partial charge in [-0.15, -0.1) is 24.0 Å². The molecular weight excluding hydrogens is 443 g/mol. The summed E-state index contributed by atoms with van der Waals surface area (Å²) in [4.78, 5) is 8.68. The Kier molecular flexibility index (Phi) is 6.99. The molecule has 2 atom stereocenters. The van der Waals surface area contributed by atoms with Gasteiger partial charge in [0.1, 0.15) is 0 Å². The summed E-state index contributed by atoms with van der Waals surface area (Å²) in [6.07, 6.45) is 6.70. The molecule has 3 rings (SSSR count). The van der Waals surface area contributed by atoms with E-state index >= 15 is 0 Å². The number of nitrogens with zero attached hydrogens (tertiary/aromatic N) is 4. The van der Waals surface area contributed by atoms with Crippen molar-refractivity contribution in [2.75, 3.05) is 14.2 Å². The van der Waals surface area contributed by atoms with Crippen molar-refractivity contribution in [1.29, 1.82) is 0 Å². The number of halogens is 1. The van der Waals surface area contributed by atoms with E-state index in [2.05, 4.69) is 39.6 Å². The van der Waals surface area contributed by atoms with Gasteiger partial charge < -0.3 is 15.4 Å². The van der Waals surface area contributed by atoms with Gasteiger partial charge in [0, 0.05) is 50.7 Å². The number of hydrogen-bond acceptors (Lipinski definition) is 4. The molecule has 0 radical (unpaired) electrons. The SMILES string of the molecule is CN=C(NCc1ccnc(-n2cccn2)c1)NC1CC(OC)C1(C)C.I. The number of rotatable bonds is 5. The van der Waals surface area contributed by atoms with E-state index in [-0.39, 0.29) is 29.4 Å². The smallest absolute Gasteiger partial charge is 0.191 e. The van der Waals surface area contributed by atoms with E-state index in [1.807, 2.05) is 24.4 Å². The molecule has 0 saturated heterocycles. The highest BCUT2D eigenvalue weighted by atomic mass is 127. The van der Waals surface area contributed by atoms with Gasteiger partial charge in [0.05, 0.1) is 6.10 Å². The number of guanidine groups is 1. The van der Waals surface area contributed by atoms with Crippen LogP contribution in [0.5, 0.6) is 0 Å². The Morgan fingerprint density at radius 1 is 1.42 bits per heavy atom. The van der Waals surface area contributed by atoms with Gasteiger partial charge in [-0.1, -0.05) is 13.8 Å². The molecule has 26 heavy (non-hydrogen) atoms. The number of nitrogens with one attached hydrogen (secondary N) is 2. The zero-order valence-corrected chi connectivity index (χ0v) is 18.0. The van der Waals surface area contributed by atoms with Crippen molar-refractivity contribution in [2.45, 2.75) is 39.0 Å². The van der Waals surface area contributed by atoms with E-state index in [0.717, 1.165) is 23.8 Å². The summed E-state index contributed by atoms with van der Waals surface area (Å²) in [7, 11) is 3.56. The van der Waals surface area contributed by atoms with Crippen molar-refractivity contribution in [2.24, 2.45) is 10.4 Å². The first-order valence-electron chi connectivity index (χ1n) is 8.49.